The third-order valence-electron chi connectivity index (χ3n) is 5.30. The molecule has 6 nitrogen and oxygen atoms in total. The Morgan fingerprint density at radius 1 is 1.06 bits per heavy atom. The van der Waals surface area contributed by atoms with E-state index in [9.17, 15) is 13.2 Å². The minimum Gasteiger partial charge on any atom is -0.305 e. The molecule has 174 valence electrons. The van der Waals surface area contributed by atoms with Gasteiger partial charge in [0.05, 0.1) is 21.7 Å². The van der Waals surface area contributed by atoms with Crippen molar-refractivity contribution in [2.75, 3.05) is 13.1 Å². The molecule has 0 aliphatic carbocycles. The highest BCUT2D eigenvalue weighted by Gasteiger charge is 2.23. The van der Waals surface area contributed by atoms with Gasteiger partial charge < -0.3 is 4.57 Å². The fourth-order valence-corrected chi connectivity index (χ4v) is 5.99. The minimum absolute atomic E-state index is 0.190. The van der Waals surface area contributed by atoms with Crippen LogP contribution >= 0.6 is 11.3 Å². The van der Waals surface area contributed by atoms with Crippen LogP contribution in [0.1, 0.15) is 49.9 Å². The van der Waals surface area contributed by atoms with Crippen LogP contribution < -0.4 is 4.80 Å². The Balaban J connectivity index is 1.90. The smallest absolute Gasteiger partial charge is 0.279 e. The second-order valence-electron chi connectivity index (χ2n) is 7.70. The molecule has 0 fully saturated rings. The van der Waals surface area contributed by atoms with E-state index in [0.29, 0.717) is 30.0 Å². The third-order valence-corrected chi connectivity index (χ3v) is 8.27. The number of sulfonamides is 1. The lowest BCUT2D eigenvalue weighted by molar-refractivity contribution is 0.0998. The van der Waals surface area contributed by atoms with Crippen LogP contribution in [-0.4, -0.2) is 36.3 Å². The number of hydrogen-bond acceptors (Lipinski definition) is 4. The lowest BCUT2D eigenvalue weighted by Crippen LogP contribution is -2.33. The first kappa shape index (κ1) is 24.9. The number of carbonyl (C=O) groups excluding carboxylic acids is 1. The first-order valence-electron chi connectivity index (χ1n) is 11.1. The quantitative estimate of drug-likeness (QED) is 0.394. The number of carbonyl (C=O) groups is 1. The molecule has 1 aromatic heterocycles. The van der Waals surface area contributed by atoms with Crippen molar-refractivity contribution in [3.63, 3.8) is 0 Å². The number of nitrogens with zero attached hydrogens (tertiary/aromatic N) is 3. The van der Waals surface area contributed by atoms with Gasteiger partial charge in [0.2, 0.25) is 10.0 Å². The topological polar surface area (TPSA) is 71.7 Å². The summed E-state index contributed by atoms with van der Waals surface area (Å²) in [6.07, 6.45) is 8.97. The van der Waals surface area contributed by atoms with Crippen LogP contribution in [0.3, 0.4) is 0 Å². The molecule has 0 saturated carbocycles. The van der Waals surface area contributed by atoms with Crippen LogP contribution in [0.4, 0.5) is 0 Å². The number of benzene rings is 2. The van der Waals surface area contributed by atoms with E-state index in [4.69, 9.17) is 6.42 Å². The van der Waals surface area contributed by atoms with Crippen molar-refractivity contribution in [1.82, 2.24) is 8.87 Å². The molecule has 3 rings (SSSR count). The summed E-state index contributed by atoms with van der Waals surface area (Å²) in [5, 5.41) is 0. The molecule has 0 saturated heterocycles. The van der Waals surface area contributed by atoms with Gasteiger partial charge in [-0.3, -0.25) is 4.79 Å². The zero-order valence-electron chi connectivity index (χ0n) is 19.0. The summed E-state index contributed by atoms with van der Waals surface area (Å²) in [6.45, 7) is 5.38. The summed E-state index contributed by atoms with van der Waals surface area (Å²) in [7, 11) is -3.61. The number of hydrogen-bond donors (Lipinski definition) is 0. The van der Waals surface area contributed by atoms with Crippen molar-refractivity contribution in [2.24, 2.45) is 4.99 Å². The second kappa shape index (κ2) is 11.4. The molecular formula is C25H29N3O3S2. The maximum atomic E-state index is 13.1. The van der Waals surface area contributed by atoms with Crippen LogP contribution in [0.5, 0.6) is 0 Å². The summed E-state index contributed by atoms with van der Waals surface area (Å²) in [5.41, 5.74) is 1.25. The monoisotopic (exact) mass is 483 g/mol. The molecule has 33 heavy (non-hydrogen) atoms. The molecule has 0 spiro atoms. The Bertz CT molecular complexity index is 1310. The molecule has 1 heterocycles. The Labute approximate surface area is 199 Å². The fourth-order valence-electron chi connectivity index (χ4n) is 3.44. The van der Waals surface area contributed by atoms with Crippen LogP contribution in [0, 0.1) is 12.3 Å². The van der Waals surface area contributed by atoms with Gasteiger partial charge in [-0.25, -0.2) is 8.42 Å². The van der Waals surface area contributed by atoms with Gasteiger partial charge in [0.1, 0.15) is 0 Å². The Morgan fingerprint density at radius 3 is 2.30 bits per heavy atom. The average Bonchev–Trinajstić information content (AvgIpc) is 3.16. The molecule has 8 heteroatoms. The van der Waals surface area contributed by atoms with Crippen LogP contribution in [-0.2, 0) is 16.6 Å². The SMILES string of the molecule is C#CCn1c(=NC(=O)c2ccc(S(=O)(=O)N(CCCC)CCCC)cc2)sc2ccccc21. The summed E-state index contributed by atoms with van der Waals surface area (Å²) in [6, 6.07) is 13.8. The number of aromatic nitrogens is 1. The molecule has 2 aromatic carbocycles. The van der Waals surface area contributed by atoms with Crippen molar-refractivity contribution in [1.29, 1.82) is 0 Å². The standard InChI is InChI=1S/C25H29N3O3S2/c1-4-7-18-27(19-8-5-2)33(30,31)21-15-13-20(14-16-21)24(29)26-25-28(17-6-3)22-11-9-10-12-23(22)32-25/h3,9-16H,4-5,7-8,17-19H2,1-2H3. The highest BCUT2D eigenvalue weighted by molar-refractivity contribution is 7.89. The van der Waals surface area contributed by atoms with E-state index < -0.39 is 15.9 Å². The van der Waals surface area contributed by atoms with Crippen LogP contribution in [0.15, 0.2) is 58.4 Å². The summed E-state index contributed by atoms with van der Waals surface area (Å²) < 4.78 is 30.6. The number of para-hydroxylation sites is 1. The first-order chi connectivity index (χ1) is 15.9. The molecule has 1 amide bonds. The normalized spacial score (nSPS) is 12.4. The Morgan fingerprint density at radius 2 is 1.70 bits per heavy atom. The van der Waals surface area contributed by atoms with E-state index in [1.165, 1.54) is 35.6 Å². The first-order valence-corrected chi connectivity index (χ1v) is 13.4. The number of unbranched alkanes of at least 4 members (excludes halogenated alkanes) is 2. The highest BCUT2D eigenvalue weighted by atomic mass is 32.2. The minimum atomic E-state index is -3.61. The molecule has 3 aromatic rings. The maximum absolute atomic E-state index is 13.1. The molecule has 0 N–H and O–H groups in total. The Hall–Kier alpha value is -2.73. The van der Waals surface area contributed by atoms with Gasteiger partial charge in [0, 0.05) is 18.7 Å². The molecule has 0 bridgehead atoms. The number of thiazole rings is 1. The van der Waals surface area contributed by atoms with Crippen molar-refractivity contribution >= 4 is 37.5 Å². The number of terminal acetylenes is 1. The van der Waals surface area contributed by atoms with E-state index in [0.717, 1.165) is 35.9 Å². The predicted molar refractivity (Wildman–Crippen MR) is 134 cm³/mol. The largest absolute Gasteiger partial charge is 0.305 e. The maximum Gasteiger partial charge on any atom is 0.279 e. The number of amides is 1. The summed E-state index contributed by atoms with van der Waals surface area (Å²) in [4.78, 5) is 17.8. The number of fused-ring (bicyclic) bond motifs is 1. The lowest BCUT2D eigenvalue weighted by Gasteiger charge is -2.22. The van der Waals surface area contributed by atoms with Crippen LogP contribution in [0.2, 0.25) is 0 Å². The van der Waals surface area contributed by atoms with Crippen molar-refractivity contribution < 1.29 is 13.2 Å². The highest BCUT2D eigenvalue weighted by Crippen LogP contribution is 2.19. The van der Waals surface area contributed by atoms with Gasteiger partial charge in [0.15, 0.2) is 4.80 Å². The van der Waals surface area contributed by atoms with Gasteiger partial charge >= 0.3 is 0 Å². The van der Waals surface area contributed by atoms with Crippen LogP contribution in [0.25, 0.3) is 10.2 Å². The third kappa shape index (κ3) is 5.80. The lowest BCUT2D eigenvalue weighted by atomic mass is 10.2. The van der Waals surface area contributed by atoms with Crippen molar-refractivity contribution in [3.05, 3.63) is 58.9 Å². The van der Waals surface area contributed by atoms with Gasteiger partial charge in [-0.2, -0.15) is 9.30 Å². The average molecular weight is 484 g/mol. The molecule has 0 aliphatic rings. The Kier molecular flexibility index (Phi) is 8.61. The molecule has 0 unspecified atom stereocenters. The number of rotatable bonds is 10. The van der Waals surface area contributed by atoms with Gasteiger partial charge in [-0.15, -0.1) is 6.42 Å². The van der Waals surface area contributed by atoms with E-state index in [2.05, 4.69) is 10.9 Å². The fraction of sp³-hybridized carbons (Fsp3) is 0.360. The summed E-state index contributed by atoms with van der Waals surface area (Å²) >= 11 is 1.39. The summed E-state index contributed by atoms with van der Waals surface area (Å²) in [5.74, 6) is 2.17. The zero-order chi connectivity index (χ0) is 23.8. The van der Waals surface area contributed by atoms with E-state index in [-0.39, 0.29) is 4.90 Å². The van der Waals surface area contributed by atoms with E-state index in [1.807, 2.05) is 42.7 Å². The van der Waals surface area contributed by atoms with E-state index in [1.54, 1.807) is 4.31 Å². The zero-order valence-corrected chi connectivity index (χ0v) is 20.7. The van der Waals surface area contributed by atoms with Gasteiger partial charge in [-0.05, 0) is 49.2 Å². The van der Waals surface area contributed by atoms with E-state index >= 15 is 0 Å². The van der Waals surface area contributed by atoms with Gasteiger partial charge in [0.25, 0.3) is 5.91 Å². The van der Waals surface area contributed by atoms with Gasteiger partial charge in [-0.1, -0.05) is 56.1 Å². The molecule has 0 atom stereocenters. The molecule has 0 radical (unpaired) electrons. The second-order valence-corrected chi connectivity index (χ2v) is 10.6. The van der Waals surface area contributed by atoms with Crippen molar-refractivity contribution in [3.8, 4) is 12.3 Å². The molecular weight excluding hydrogens is 454 g/mol. The van der Waals surface area contributed by atoms with Crippen molar-refractivity contribution in [2.45, 2.75) is 51.0 Å². The molecule has 0 aliphatic heterocycles. The predicted octanol–water partition coefficient (Wildman–Crippen LogP) is 4.67.